The summed E-state index contributed by atoms with van der Waals surface area (Å²) < 4.78 is 5.91. The normalized spacial score (nSPS) is 15.6. The smallest absolute Gasteiger partial charge is 0.414 e. The Hall–Kier alpha value is -2.64. The van der Waals surface area contributed by atoms with Gasteiger partial charge in [0.25, 0.3) is 0 Å². The zero-order valence-electron chi connectivity index (χ0n) is 15.6. The van der Waals surface area contributed by atoms with Crippen molar-refractivity contribution in [3.8, 4) is 5.88 Å². The predicted octanol–water partition coefficient (Wildman–Crippen LogP) is 2.66. The lowest BCUT2D eigenvalue weighted by Gasteiger charge is -2.38. The number of allylic oxidation sites excluding steroid dienone is 1. The van der Waals surface area contributed by atoms with Crippen LogP contribution in [-0.4, -0.2) is 56.7 Å². The van der Waals surface area contributed by atoms with Crippen molar-refractivity contribution in [2.75, 3.05) is 19.7 Å². The van der Waals surface area contributed by atoms with Gasteiger partial charge in [-0.2, -0.15) is 0 Å². The molecule has 0 saturated carbocycles. The number of piperidine rings is 1. The molecule has 0 aliphatic carbocycles. The van der Waals surface area contributed by atoms with Crippen molar-refractivity contribution in [1.29, 1.82) is 0 Å². The third kappa shape index (κ3) is 6.23. The SMILES string of the molecule is CCCCCCOc1nccnc1C1=CN2CCC1CC2.O=C(O)C(=O)O. The van der Waals surface area contributed by atoms with E-state index < -0.39 is 11.9 Å². The Labute approximate surface area is 158 Å². The molecule has 0 amide bonds. The lowest BCUT2D eigenvalue weighted by atomic mass is 9.84. The highest BCUT2D eigenvalue weighted by atomic mass is 16.5. The first kappa shape index (κ1) is 20.7. The second-order valence-electron chi connectivity index (χ2n) is 6.62. The summed E-state index contributed by atoms with van der Waals surface area (Å²) in [6, 6.07) is 0. The Kier molecular flexibility index (Phi) is 8.03. The molecule has 0 aromatic carbocycles. The highest BCUT2D eigenvalue weighted by molar-refractivity contribution is 6.27. The number of unbranched alkanes of at least 4 members (excludes halogenated alkanes) is 3. The molecule has 0 atom stereocenters. The fourth-order valence-electron chi connectivity index (χ4n) is 3.22. The Balaban J connectivity index is 0.000000380. The Morgan fingerprint density at radius 1 is 1.11 bits per heavy atom. The number of carboxylic acids is 2. The molecule has 2 bridgehead atoms. The van der Waals surface area contributed by atoms with Gasteiger partial charge in [-0.1, -0.05) is 26.2 Å². The maximum absolute atomic E-state index is 9.10. The van der Waals surface area contributed by atoms with Gasteiger partial charge in [0.2, 0.25) is 5.88 Å². The van der Waals surface area contributed by atoms with Crippen LogP contribution in [0.2, 0.25) is 0 Å². The molecule has 1 aromatic rings. The largest absolute Gasteiger partial charge is 0.476 e. The topological polar surface area (TPSA) is 113 Å². The van der Waals surface area contributed by atoms with Crippen molar-refractivity contribution >= 4 is 17.5 Å². The number of rotatable bonds is 7. The van der Waals surface area contributed by atoms with E-state index in [4.69, 9.17) is 24.5 Å². The maximum Gasteiger partial charge on any atom is 0.414 e. The highest BCUT2D eigenvalue weighted by Gasteiger charge is 2.30. The quantitative estimate of drug-likeness (QED) is 0.551. The van der Waals surface area contributed by atoms with Gasteiger partial charge >= 0.3 is 11.9 Å². The van der Waals surface area contributed by atoms with Gasteiger partial charge in [-0.3, -0.25) is 0 Å². The molecule has 27 heavy (non-hydrogen) atoms. The minimum absolute atomic E-state index is 0.633. The summed E-state index contributed by atoms with van der Waals surface area (Å²) in [6.07, 6.45) is 13.1. The van der Waals surface area contributed by atoms with Gasteiger partial charge in [0.05, 0.1) is 6.61 Å². The second kappa shape index (κ2) is 10.5. The van der Waals surface area contributed by atoms with Crippen LogP contribution < -0.4 is 4.74 Å². The standard InChI is InChI=1S/C17H25N3O.C2H2O4/c1-2-3-4-5-12-21-17-16(18-8-9-19-17)15-13-20-10-6-14(15)7-11-20;3-1(4)2(5)6/h8-9,13-14H,2-7,10-12H2,1H3;(H,3,4)(H,5,6). The molecule has 1 saturated heterocycles. The zero-order valence-corrected chi connectivity index (χ0v) is 15.6. The average Bonchev–Trinajstić information content (AvgIpc) is 2.69. The summed E-state index contributed by atoms with van der Waals surface area (Å²) in [7, 11) is 0. The summed E-state index contributed by atoms with van der Waals surface area (Å²) in [5, 5.41) is 14.8. The van der Waals surface area contributed by atoms with Gasteiger partial charge in [-0.05, 0) is 25.2 Å². The maximum atomic E-state index is 9.10. The second-order valence-corrected chi connectivity index (χ2v) is 6.62. The van der Waals surface area contributed by atoms with Gasteiger partial charge in [0.15, 0.2) is 0 Å². The van der Waals surface area contributed by atoms with E-state index in [1.54, 1.807) is 12.4 Å². The molecule has 1 fully saturated rings. The number of carboxylic acid groups (broad SMARTS) is 2. The van der Waals surface area contributed by atoms with Gasteiger partial charge in [-0.25, -0.2) is 19.6 Å². The average molecular weight is 377 g/mol. The lowest BCUT2D eigenvalue weighted by molar-refractivity contribution is -0.159. The van der Waals surface area contributed by atoms with Crippen LogP contribution in [0.4, 0.5) is 0 Å². The summed E-state index contributed by atoms with van der Waals surface area (Å²) in [5.74, 6) is -2.30. The van der Waals surface area contributed by atoms with E-state index in [2.05, 4.69) is 28.0 Å². The van der Waals surface area contributed by atoms with Crippen LogP contribution in [0.25, 0.3) is 5.57 Å². The van der Waals surface area contributed by atoms with E-state index in [1.807, 2.05) is 0 Å². The van der Waals surface area contributed by atoms with Gasteiger partial charge in [0, 0.05) is 37.3 Å². The molecule has 4 rings (SSSR count). The molecule has 3 aliphatic rings. The fourth-order valence-corrected chi connectivity index (χ4v) is 3.22. The van der Waals surface area contributed by atoms with Crippen molar-refractivity contribution in [3.05, 3.63) is 24.3 Å². The molecule has 8 heteroatoms. The first-order valence-electron chi connectivity index (χ1n) is 9.39. The fraction of sp³-hybridized carbons (Fsp3) is 0.579. The number of carbonyl (C=O) groups is 2. The zero-order chi connectivity index (χ0) is 19.6. The first-order valence-corrected chi connectivity index (χ1v) is 9.39. The summed E-state index contributed by atoms with van der Waals surface area (Å²) in [6.45, 7) is 5.33. The molecule has 3 aliphatic heterocycles. The van der Waals surface area contributed by atoms with Crippen molar-refractivity contribution in [2.45, 2.75) is 45.4 Å². The molecule has 0 unspecified atom stereocenters. The molecule has 148 valence electrons. The number of aromatic nitrogens is 2. The predicted molar refractivity (Wildman–Crippen MR) is 99.2 cm³/mol. The Bertz CT molecular complexity index is 657. The van der Waals surface area contributed by atoms with Crippen LogP contribution in [0.3, 0.4) is 0 Å². The van der Waals surface area contributed by atoms with E-state index in [0.717, 1.165) is 18.7 Å². The molecular weight excluding hydrogens is 350 g/mol. The third-order valence-electron chi connectivity index (χ3n) is 4.65. The van der Waals surface area contributed by atoms with Crippen LogP contribution in [0.1, 0.15) is 51.1 Å². The Morgan fingerprint density at radius 3 is 2.33 bits per heavy atom. The summed E-state index contributed by atoms with van der Waals surface area (Å²) >= 11 is 0. The van der Waals surface area contributed by atoms with Crippen LogP contribution in [0.15, 0.2) is 18.6 Å². The van der Waals surface area contributed by atoms with E-state index in [-0.39, 0.29) is 0 Å². The van der Waals surface area contributed by atoms with E-state index >= 15 is 0 Å². The molecule has 8 nitrogen and oxygen atoms in total. The summed E-state index contributed by atoms with van der Waals surface area (Å²) in [5.41, 5.74) is 2.28. The summed E-state index contributed by atoms with van der Waals surface area (Å²) in [4.78, 5) is 29.6. The van der Waals surface area contributed by atoms with Gasteiger partial charge in [0.1, 0.15) is 5.69 Å². The third-order valence-corrected chi connectivity index (χ3v) is 4.65. The Morgan fingerprint density at radius 2 is 1.78 bits per heavy atom. The van der Waals surface area contributed by atoms with Crippen LogP contribution >= 0.6 is 0 Å². The van der Waals surface area contributed by atoms with Crippen LogP contribution in [0, 0.1) is 5.92 Å². The van der Waals surface area contributed by atoms with Crippen molar-refractivity contribution in [1.82, 2.24) is 14.9 Å². The number of nitrogens with zero attached hydrogens (tertiary/aromatic N) is 3. The first-order chi connectivity index (χ1) is 13.0. The molecule has 0 radical (unpaired) electrons. The minimum atomic E-state index is -1.82. The molecule has 0 spiro atoms. The molecule has 4 heterocycles. The minimum Gasteiger partial charge on any atom is -0.476 e. The van der Waals surface area contributed by atoms with Crippen LogP contribution in [-0.2, 0) is 9.59 Å². The molecule has 1 aromatic heterocycles. The van der Waals surface area contributed by atoms with Crippen molar-refractivity contribution in [2.24, 2.45) is 5.92 Å². The highest BCUT2D eigenvalue weighted by Crippen LogP contribution is 2.38. The van der Waals surface area contributed by atoms with Gasteiger partial charge < -0.3 is 19.8 Å². The number of fused-ring (bicyclic) bond motifs is 2. The van der Waals surface area contributed by atoms with Crippen molar-refractivity contribution < 1.29 is 24.5 Å². The van der Waals surface area contributed by atoms with E-state index in [9.17, 15) is 0 Å². The van der Waals surface area contributed by atoms with E-state index in [0.29, 0.717) is 11.8 Å². The van der Waals surface area contributed by atoms with E-state index in [1.165, 1.54) is 50.8 Å². The van der Waals surface area contributed by atoms with Crippen LogP contribution in [0.5, 0.6) is 5.88 Å². The number of ether oxygens (including phenoxy) is 1. The number of hydrogen-bond acceptors (Lipinski definition) is 6. The molecule has 2 N–H and O–H groups in total. The van der Waals surface area contributed by atoms with Crippen molar-refractivity contribution in [3.63, 3.8) is 0 Å². The monoisotopic (exact) mass is 377 g/mol. The number of hydrogen-bond donors (Lipinski definition) is 2. The number of aliphatic carboxylic acids is 2. The molecular formula is C19H27N3O5. The van der Waals surface area contributed by atoms with Gasteiger partial charge in [-0.15, -0.1) is 0 Å². The lowest BCUT2D eigenvalue weighted by Crippen LogP contribution is -2.35.